The van der Waals surface area contributed by atoms with Gasteiger partial charge in [-0.3, -0.25) is 9.09 Å². The van der Waals surface area contributed by atoms with Crippen LogP contribution < -0.4 is 0 Å². The van der Waals surface area contributed by atoms with E-state index in [-0.39, 0.29) is 5.56 Å². The van der Waals surface area contributed by atoms with E-state index in [0.29, 0.717) is 0 Å². The van der Waals surface area contributed by atoms with Crippen LogP contribution in [0.2, 0.25) is 0 Å². The summed E-state index contributed by atoms with van der Waals surface area (Å²) in [4.78, 5) is 8.25. The van der Waals surface area contributed by atoms with Gasteiger partial charge in [0, 0.05) is 5.56 Å². The number of halogens is 2. The first kappa shape index (κ1) is 10.3. The molecule has 0 spiro atoms. The molecule has 1 aromatic carbocycles. The van der Waals surface area contributed by atoms with Crippen molar-refractivity contribution in [2.45, 2.75) is 6.36 Å². The molecule has 0 bridgehead atoms. The number of alkyl halides is 1. The predicted molar refractivity (Wildman–Crippen MR) is 42.6 cm³/mol. The highest BCUT2D eigenvalue weighted by molar-refractivity contribution is 7.32. The maximum absolute atomic E-state index is 12.8. The topological polar surface area (TPSA) is 46.5 Å². The SMILES string of the molecule is O=[PH](O)OC(F)c1ccc(F)cc1. The van der Waals surface area contributed by atoms with Gasteiger partial charge in [-0.15, -0.1) is 0 Å². The number of hydrogen-bond acceptors (Lipinski definition) is 2. The largest absolute Gasteiger partial charge is 0.326 e. The van der Waals surface area contributed by atoms with Crippen molar-refractivity contribution in [2.75, 3.05) is 0 Å². The molecule has 0 aliphatic rings. The van der Waals surface area contributed by atoms with Crippen LogP contribution in [-0.4, -0.2) is 4.89 Å². The molecule has 1 aromatic rings. The van der Waals surface area contributed by atoms with Crippen LogP contribution in [0.25, 0.3) is 0 Å². The fourth-order valence-electron chi connectivity index (χ4n) is 0.771. The maximum Gasteiger partial charge on any atom is 0.319 e. The Kier molecular flexibility index (Phi) is 3.54. The highest BCUT2D eigenvalue weighted by Crippen LogP contribution is 2.29. The molecule has 0 saturated heterocycles. The fraction of sp³-hybridized carbons (Fsp3) is 0.143. The minimum Gasteiger partial charge on any atom is -0.326 e. The van der Waals surface area contributed by atoms with E-state index >= 15 is 0 Å². The third-order valence-electron chi connectivity index (χ3n) is 1.34. The summed E-state index contributed by atoms with van der Waals surface area (Å²) in [5, 5.41) is 0. The molecule has 1 rings (SSSR count). The van der Waals surface area contributed by atoms with E-state index in [0.717, 1.165) is 24.3 Å². The Bertz CT molecular complexity index is 301. The molecule has 0 saturated carbocycles. The quantitative estimate of drug-likeness (QED) is 0.774. The molecular formula is C7H7F2O3P. The zero-order valence-electron chi connectivity index (χ0n) is 6.41. The van der Waals surface area contributed by atoms with E-state index in [1.165, 1.54) is 0 Å². The molecule has 0 heterocycles. The van der Waals surface area contributed by atoms with Gasteiger partial charge in [0.2, 0.25) is 6.36 Å². The lowest BCUT2D eigenvalue weighted by Crippen LogP contribution is -1.92. The van der Waals surface area contributed by atoms with Gasteiger partial charge in [-0.25, -0.2) is 8.78 Å². The third-order valence-corrected chi connectivity index (χ3v) is 1.74. The Balaban J connectivity index is 2.71. The molecule has 1 N–H and O–H groups in total. The van der Waals surface area contributed by atoms with E-state index in [2.05, 4.69) is 4.52 Å². The second-order valence-corrected chi connectivity index (χ2v) is 3.02. The molecule has 0 aliphatic carbocycles. The summed E-state index contributed by atoms with van der Waals surface area (Å²) in [6, 6.07) is 4.37. The van der Waals surface area contributed by atoms with Crippen LogP contribution in [0.5, 0.6) is 0 Å². The molecule has 0 aromatic heterocycles. The minimum absolute atomic E-state index is 0.00815. The van der Waals surface area contributed by atoms with E-state index < -0.39 is 20.4 Å². The second-order valence-electron chi connectivity index (χ2n) is 2.25. The van der Waals surface area contributed by atoms with Crippen LogP contribution >= 0.6 is 8.25 Å². The Hall–Kier alpha value is -0.770. The first-order chi connectivity index (χ1) is 6.09. The van der Waals surface area contributed by atoms with Crippen molar-refractivity contribution < 1.29 is 22.8 Å². The highest BCUT2D eigenvalue weighted by atomic mass is 31.1. The lowest BCUT2D eigenvalue weighted by Gasteiger charge is -2.06. The lowest BCUT2D eigenvalue weighted by atomic mass is 10.2. The molecule has 0 fully saturated rings. The smallest absolute Gasteiger partial charge is 0.319 e. The van der Waals surface area contributed by atoms with Crippen molar-refractivity contribution >= 4 is 8.25 Å². The summed E-state index contributed by atoms with van der Waals surface area (Å²) in [5.41, 5.74) is 0.00815. The molecule has 3 nitrogen and oxygen atoms in total. The number of benzene rings is 1. The molecule has 0 aliphatic heterocycles. The monoisotopic (exact) mass is 208 g/mol. The average Bonchev–Trinajstić information content (AvgIpc) is 2.04. The number of hydrogen-bond donors (Lipinski definition) is 1. The fourth-order valence-corrected chi connectivity index (χ4v) is 1.08. The Morgan fingerprint density at radius 2 is 1.92 bits per heavy atom. The molecule has 0 amide bonds. The van der Waals surface area contributed by atoms with E-state index in [1.54, 1.807) is 0 Å². The lowest BCUT2D eigenvalue weighted by molar-refractivity contribution is 0.0635. The van der Waals surface area contributed by atoms with Gasteiger partial charge in [-0.2, -0.15) is 0 Å². The Morgan fingerprint density at radius 1 is 1.38 bits per heavy atom. The van der Waals surface area contributed by atoms with Gasteiger partial charge >= 0.3 is 8.25 Å². The summed E-state index contributed by atoms with van der Waals surface area (Å²) in [6.45, 7) is 0. The standard InChI is InChI=1S/C7H7F2O3P/c8-6-3-1-5(2-4-6)7(9)12-13(10)11/h1-4,7,13H,(H,10,11). The Labute approximate surface area is 73.9 Å². The van der Waals surface area contributed by atoms with Crippen LogP contribution in [0.4, 0.5) is 8.78 Å². The van der Waals surface area contributed by atoms with Crippen LogP contribution in [0.3, 0.4) is 0 Å². The third kappa shape index (κ3) is 3.22. The van der Waals surface area contributed by atoms with Crippen molar-refractivity contribution in [3.05, 3.63) is 35.6 Å². The normalized spacial score (nSPS) is 15.3. The van der Waals surface area contributed by atoms with Gasteiger partial charge in [-0.05, 0) is 12.1 Å². The van der Waals surface area contributed by atoms with Gasteiger partial charge in [0.25, 0.3) is 0 Å². The molecular weight excluding hydrogens is 201 g/mol. The van der Waals surface area contributed by atoms with Crippen LogP contribution in [-0.2, 0) is 9.09 Å². The van der Waals surface area contributed by atoms with Gasteiger partial charge < -0.3 is 4.89 Å². The van der Waals surface area contributed by atoms with Crippen molar-refractivity contribution in [3.63, 3.8) is 0 Å². The molecule has 13 heavy (non-hydrogen) atoms. The van der Waals surface area contributed by atoms with Crippen LogP contribution in [0.1, 0.15) is 11.9 Å². The van der Waals surface area contributed by atoms with Crippen molar-refractivity contribution in [1.82, 2.24) is 0 Å². The molecule has 6 heteroatoms. The molecule has 72 valence electrons. The summed E-state index contributed by atoms with van der Waals surface area (Å²) in [5.74, 6) is -0.507. The highest BCUT2D eigenvalue weighted by Gasteiger charge is 2.11. The van der Waals surface area contributed by atoms with Crippen molar-refractivity contribution in [3.8, 4) is 0 Å². The number of rotatable bonds is 3. The predicted octanol–water partition coefficient (Wildman–Crippen LogP) is 2.19. The maximum atomic E-state index is 12.8. The summed E-state index contributed by atoms with van der Waals surface area (Å²) < 4.78 is 39.3. The van der Waals surface area contributed by atoms with Gasteiger partial charge in [-0.1, -0.05) is 12.1 Å². The average molecular weight is 208 g/mol. The summed E-state index contributed by atoms with van der Waals surface area (Å²) >= 11 is 0. The summed E-state index contributed by atoms with van der Waals surface area (Å²) in [6.07, 6.45) is -1.99. The van der Waals surface area contributed by atoms with Gasteiger partial charge in [0.05, 0.1) is 0 Å². The van der Waals surface area contributed by atoms with Gasteiger partial charge in [0.1, 0.15) is 5.82 Å². The zero-order chi connectivity index (χ0) is 9.84. The van der Waals surface area contributed by atoms with Gasteiger partial charge in [0.15, 0.2) is 0 Å². The van der Waals surface area contributed by atoms with E-state index in [9.17, 15) is 13.3 Å². The summed E-state index contributed by atoms with van der Waals surface area (Å²) in [7, 11) is -3.31. The molecule has 2 atom stereocenters. The second kappa shape index (κ2) is 4.46. The first-order valence-corrected chi connectivity index (χ1v) is 4.65. The molecule has 2 unspecified atom stereocenters. The minimum atomic E-state index is -3.31. The van der Waals surface area contributed by atoms with Crippen molar-refractivity contribution in [1.29, 1.82) is 0 Å². The van der Waals surface area contributed by atoms with E-state index in [4.69, 9.17) is 4.89 Å². The molecule has 0 radical (unpaired) electrons. The van der Waals surface area contributed by atoms with Crippen LogP contribution in [0, 0.1) is 5.82 Å². The zero-order valence-corrected chi connectivity index (χ0v) is 7.41. The van der Waals surface area contributed by atoms with Crippen LogP contribution in [0.15, 0.2) is 24.3 Å². The van der Waals surface area contributed by atoms with E-state index in [1.807, 2.05) is 0 Å². The van der Waals surface area contributed by atoms with Crippen molar-refractivity contribution in [2.24, 2.45) is 0 Å². The Morgan fingerprint density at radius 3 is 2.38 bits per heavy atom. The first-order valence-electron chi connectivity index (χ1n) is 3.38.